The number of para-hydroxylation sites is 1. The molecule has 2 aromatic rings. The average Bonchev–Trinajstić information content (AvgIpc) is 2.58. The van der Waals surface area contributed by atoms with E-state index in [1.807, 2.05) is 6.92 Å². The van der Waals surface area contributed by atoms with E-state index in [4.69, 9.17) is 5.11 Å². The predicted octanol–water partition coefficient (Wildman–Crippen LogP) is 0.429. The Labute approximate surface area is 139 Å². The van der Waals surface area contributed by atoms with Crippen LogP contribution in [0.5, 0.6) is 5.75 Å². The summed E-state index contributed by atoms with van der Waals surface area (Å²) < 4.78 is 1.52. The van der Waals surface area contributed by atoms with E-state index >= 15 is 0 Å². The van der Waals surface area contributed by atoms with Gasteiger partial charge in [0.15, 0.2) is 0 Å². The van der Waals surface area contributed by atoms with E-state index in [9.17, 15) is 14.7 Å². The molecule has 0 saturated heterocycles. The molecular weight excluding hydrogens is 310 g/mol. The fraction of sp³-hybridized carbons (Fsp3) is 0.412. The minimum Gasteiger partial charge on any atom is -0.506 e. The SMILES string of the molecule is CCCn1c(=O)c(C(=O)NCCNCCO)c(O)c2ccccc21. The number of aryl methyl sites for hydroxylation is 1. The Morgan fingerprint density at radius 1 is 1.21 bits per heavy atom. The molecule has 0 radical (unpaired) electrons. The number of aromatic nitrogens is 1. The summed E-state index contributed by atoms with van der Waals surface area (Å²) >= 11 is 0. The van der Waals surface area contributed by atoms with E-state index < -0.39 is 11.5 Å². The highest BCUT2D eigenvalue weighted by Crippen LogP contribution is 2.26. The summed E-state index contributed by atoms with van der Waals surface area (Å²) in [6.07, 6.45) is 0.737. The Kier molecular flexibility index (Phi) is 6.34. The second-order valence-electron chi connectivity index (χ2n) is 5.43. The maximum Gasteiger partial charge on any atom is 0.267 e. The van der Waals surface area contributed by atoms with E-state index in [2.05, 4.69) is 10.6 Å². The number of carbonyl (C=O) groups is 1. The average molecular weight is 333 g/mol. The molecule has 7 heteroatoms. The molecule has 0 bridgehead atoms. The maximum atomic E-state index is 12.7. The summed E-state index contributed by atoms with van der Waals surface area (Å²) in [7, 11) is 0. The Morgan fingerprint density at radius 3 is 2.67 bits per heavy atom. The molecule has 0 aliphatic carbocycles. The zero-order valence-corrected chi connectivity index (χ0v) is 13.7. The smallest absolute Gasteiger partial charge is 0.267 e. The summed E-state index contributed by atoms with van der Waals surface area (Å²) in [5.74, 6) is -0.886. The van der Waals surface area contributed by atoms with Crippen LogP contribution in [0.4, 0.5) is 0 Å². The van der Waals surface area contributed by atoms with Gasteiger partial charge in [0.1, 0.15) is 11.3 Å². The number of nitrogens with zero attached hydrogens (tertiary/aromatic N) is 1. The number of fused-ring (bicyclic) bond motifs is 1. The molecule has 0 unspecified atom stereocenters. The van der Waals surface area contributed by atoms with E-state index in [1.165, 1.54) is 4.57 Å². The van der Waals surface area contributed by atoms with Crippen LogP contribution in [0.3, 0.4) is 0 Å². The van der Waals surface area contributed by atoms with Gasteiger partial charge in [-0.05, 0) is 18.6 Å². The van der Waals surface area contributed by atoms with Crippen LogP contribution in [0.1, 0.15) is 23.7 Å². The number of pyridine rings is 1. The number of rotatable bonds is 8. The van der Waals surface area contributed by atoms with Gasteiger partial charge in [-0.1, -0.05) is 19.1 Å². The Bertz CT molecular complexity index is 770. The van der Waals surface area contributed by atoms with Crippen LogP contribution >= 0.6 is 0 Å². The van der Waals surface area contributed by atoms with Crippen molar-refractivity contribution in [3.63, 3.8) is 0 Å². The first kappa shape index (κ1) is 18.0. The van der Waals surface area contributed by atoms with Gasteiger partial charge in [-0.2, -0.15) is 0 Å². The number of hydrogen-bond donors (Lipinski definition) is 4. The quantitative estimate of drug-likeness (QED) is 0.525. The van der Waals surface area contributed by atoms with Crippen LogP contribution in [-0.4, -0.2) is 46.9 Å². The molecule has 7 nitrogen and oxygen atoms in total. The topological polar surface area (TPSA) is 104 Å². The van der Waals surface area contributed by atoms with Gasteiger partial charge in [0.25, 0.3) is 11.5 Å². The summed E-state index contributed by atoms with van der Waals surface area (Å²) in [6.45, 7) is 3.61. The van der Waals surface area contributed by atoms with Crippen LogP contribution in [0.15, 0.2) is 29.1 Å². The molecule has 0 saturated carbocycles. The molecule has 130 valence electrons. The van der Waals surface area contributed by atoms with Gasteiger partial charge in [-0.25, -0.2) is 0 Å². The van der Waals surface area contributed by atoms with E-state index in [1.54, 1.807) is 24.3 Å². The number of aliphatic hydroxyl groups is 1. The van der Waals surface area contributed by atoms with Crippen molar-refractivity contribution in [1.29, 1.82) is 0 Å². The lowest BCUT2D eigenvalue weighted by atomic mass is 10.1. The largest absolute Gasteiger partial charge is 0.506 e. The highest BCUT2D eigenvalue weighted by Gasteiger charge is 2.21. The van der Waals surface area contributed by atoms with Crippen molar-refractivity contribution in [2.75, 3.05) is 26.2 Å². The molecule has 1 heterocycles. The molecule has 0 aliphatic heterocycles. The number of carbonyl (C=O) groups excluding carboxylic acids is 1. The van der Waals surface area contributed by atoms with Crippen LogP contribution in [0, 0.1) is 0 Å². The Balaban J connectivity index is 2.35. The number of aromatic hydroxyl groups is 1. The monoisotopic (exact) mass is 333 g/mol. The summed E-state index contributed by atoms with van der Waals surface area (Å²) in [5, 5.41) is 25.1. The Hall–Kier alpha value is -2.38. The normalized spacial score (nSPS) is 10.9. The lowest BCUT2D eigenvalue weighted by Gasteiger charge is -2.14. The summed E-state index contributed by atoms with van der Waals surface area (Å²) in [6, 6.07) is 6.99. The van der Waals surface area contributed by atoms with Crippen molar-refractivity contribution in [1.82, 2.24) is 15.2 Å². The van der Waals surface area contributed by atoms with Gasteiger partial charge in [0, 0.05) is 31.6 Å². The molecule has 24 heavy (non-hydrogen) atoms. The van der Waals surface area contributed by atoms with Crippen molar-refractivity contribution < 1.29 is 15.0 Å². The first-order valence-corrected chi connectivity index (χ1v) is 8.06. The lowest BCUT2D eigenvalue weighted by Crippen LogP contribution is -2.37. The minimum absolute atomic E-state index is 0.0150. The molecular formula is C17H23N3O4. The number of aliphatic hydroxyl groups excluding tert-OH is 1. The zero-order chi connectivity index (χ0) is 17.5. The molecule has 0 spiro atoms. The fourth-order valence-corrected chi connectivity index (χ4v) is 2.60. The summed E-state index contributed by atoms with van der Waals surface area (Å²) in [4.78, 5) is 25.0. The number of amides is 1. The van der Waals surface area contributed by atoms with Gasteiger partial charge >= 0.3 is 0 Å². The molecule has 0 fully saturated rings. The van der Waals surface area contributed by atoms with Gasteiger partial charge < -0.3 is 25.4 Å². The van der Waals surface area contributed by atoms with E-state index in [0.29, 0.717) is 30.5 Å². The first-order chi connectivity index (χ1) is 11.6. The highest BCUT2D eigenvalue weighted by molar-refractivity contribution is 6.02. The van der Waals surface area contributed by atoms with Gasteiger partial charge in [0.2, 0.25) is 0 Å². The van der Waals surface area contributed by atoms with E-state index in [-0.39, 0.29) is 24.5 Å². The molecule has 1 amide bonds. The summed E-state index contributed by atoms with van der Waals surface area (Å²) in [5.41, 5.74) is -0.110. The van der Waals surface area contributed by atoms with Crippen LogP contribution in [0.25, 0.3) is 10.9 Å². The second-order valence-corrected chi connectivity index (χ2v) is 5.43. The molecule has 0 atom stereocenters. The number of benzene rings is 1. The molecule has 4 N–H and O–H groups in total. The predicted molar refractivity (Wildman–Crippen MR) is 92.5 cm³/mol. The minimum atomic E-state index is -0.598. The van der Waals surface area contributed by atoms with Crippen LogP contribution in [-0.2, 0) is 6.54 Å². The molecule has 0 aliphatic rings. The molecule has 2 rings (SSSR count). The highest BCUT2D eigenvalue weighted by atomic mass is 16.3. The maximum absolute atomic E-state index is 12.7. The van der Waals surface area contributed by atoms with Gasteiger partial charge in [-0.15, -0.1) is 0 Å². The van der Waals surface area contributed by atoms with Gasteiger partial charge in [-0.3, -0.25) is 9.59 Å². The van der Waals surface area contributed by atoms with Gasteiger partial charge in [0.05, 0.1) is 12.1 Å². The molecule has 1 aromatic heterocycles. The number of nitrogens with one attached hydrogen (secondary N) is 2. The van der Waals surface area contributed by atoms with Crippen molar-refractivity contribution >= 4 is 16.8 Å². The fourth-order valence-electron chi connectivity index (χ4n) is 2.60. The third-order valence-electron chi connectivity index (χ3n) is 3.70. The van der Waals surface area contributed by atoms with Crippen molar-refractivity contribution in [3.05, 3.63) is 40.2 Å². The number of hydrogen-bond acceptors (Lipinski definition) is 5. The van der Waals surface area contributed by atoms with Crippen LogP contribution < -0.4 is 16.2 Å². The van der Waals surface area contributed by atoms with Crippen molar-refractivity contribution in [2.45, 2.75) is 19.9 Å². The van der Waals surface area contributed by atoms with E-state index in [0.717, 1.165) is 6.42 Å². The third kappa shape index (κ3) is 3.74. The Morgan fingerprint density at radius 2 is 1.96 bits per heavy atom. The zero-order valence-electron chi connectivity index (χ0n) is 13.7. The van der Waals surface area contributed by atoms with Crippen molar-refractivity contribution in [2.24, 2.45) is 0 Å². The third-order valence-corrected chi connectivity index (χ3v) is 3.70. The van der Waals surface area contributed by atoms with Crippen molar-refractivity contribution in [3.8, 4) is 5.75 Å². The lowest BCUT2D eigenvalue weighted by molar-refractivity contribution is 0.0949. The standard InChI is InChI=1S/C17H23N3O4/c1-2-10-20-13-6-4-3-5-12(13)15(22)14(17(20)24)16(23)19-8-7-18-9-11-21/h3-6,18,21-22H,2,7-11H2,1H3,(H,19,23). The van der Waals surface area contributed by atoms with Crippen LogP contribution in [0.2, 0.25) is 0 Å². The first-order valence-electron chi connectivity index (χ1n) is 8.06. The molecule has 1 aromatic carbocycles. The second kappa shape index (κ2) is 8.47.